The van der Waals surface area contributed by atoms with Crippen LogP contribution in [0.5, 0.6) is 0 Å². The molecule has 0 aromatic carbocycles. The highest BCUT2D eigenvalue weighted by atomic mass is 16.4. The minimum atomic E-state index is -0.636. The van der Waals surface area contributed by atoms with E-state index in [1.165, 1.54) is 24.5 Å². The predicted octanol–water partition coefficient (Wildman–Crippen LogP) is 4.97. The summed E-state index contributed by atoms with van der Waals surface area (Å²) in [7, 11) is 0. The van der Waals surface area contributed by atoms with Crippen LogP contribution in [0.2, 0.25) is 0 Å². The Hall–Kier alpha value is -1.61. The van der Waals surface area contributed by atoms with Gasteiger partial charge in [-0.15, -0.1) is 0 Å². The lowest BCUT2D eigenvalue weighted by Crippen LogP contribution is -2.59. The summed E-state index contributed by atoms with van der Waals surface area (Å²) in [6.07, 6.45) is 16.1. The molecule has 0 unspecified atom stereocenters. The minimum Gasteiger partial charge on any atom is -0.431 e. The van der Waals surface area contributed by atoms with Gasteiger partial charge in [-0.1, -0.05) is 32.1 Å². The quantitative estimate of drug-likeness (QED) is 0.764. The molecular formula is C24H30O3. The van der Waals surface area contributed by atoms with Gasteiger partial charge in [0.05, 0.1) is 11.9 Å². The Kier molecular flexibility index (Phi) is 3.69. The molecule has 5 rings (SSSR count). The lowest BCUT2D eigenvalue weighted by Gasteiger charge is -2.60. The highest BCUT2D eigenvalue weighted by Crippen LogP contribution is 2.69. The summed E-state index contributed by atoms with van der Waals surface area (Å²) < 4.78 is 5.17. The van der Waals surface area contributed by atoms with E-state index in [1.807, 2.05) is 6.07 Å². The molecule has 3 nitrogen and oxygen atoms in total. The third-order valence-corrected chi connectivity index (χ3v) is 8.97. The van der Waals surface area contributed by atoms with Gasteiger partial charge in [-0.2, -0.15) is 0 Å². The standard InChI is InChI=1S/C24H30O3/c1-22-12-4-3-5-17(22)7-8-20-19(22)10-13-23(2)18(11-14-24(20,23)26)16-6-9-21(25)27-15-16/h3,5-7,9,15,18-20,26H,4,8,10-14H2,1-2H3/t18-,19-,20+,22-,23-,24-/m1/s1. The van der Waals surface area contributed by atoms with Crippen molar-refractivity contribution in [3.05, 3.63) is 58.2 Å². The molecule has 0 bridgehead atoms. The first-order chi connectivity index (χ1) is 12.9. The molecule has 2 fully saturated rings. The molecule has 4 aliphatic rings. The second kappa shape index (κ2) is 5.70. The Balaban J connectivity index is 1.54. The van der Waals surface area contributed by atoms with Gasteiger partial charge in [0.25, 0.3) is 0 Å². The zero-order valence-corrected chi connectivity index (χ0v) is 16.4. The second-order valence-electron chi connectivity index (χ2n) is 9.83. The zero-order chi connectivity index (χ0) is 18.9. The van der Waals surface area contributed by atoms with E-state index in [0.717, 1.165) is 37.7 Å². The zero-order valence-electron chi connectivity index (χ0n) is 16.4. The summed E-state index contributed by atoms with van der Waals surface area (Å²) in [6, 6.07) is 3.43. The largest absolute Gasteiger partial charge is 0.431 e. The van der Waals surface area contributed by atoms with E-state index in [0.29, 0.717) is 11.8 Å². The maximum absolute atomic E-state index is 12.1. The van der Waals surface area contributed by atoms with E-state index in [-0.39, 0.29) is 22.4 Å². The van der Waals surface area contributed by atoms with E-state index >= 15 is 0 Å². The number of rotatable bonds is 1. The number of fused-ring (bicyclic) bond motifs is 5. The first-order valence-corrected chi connectivity index (χ1v) is 10.6. The van der Waals surface area contributed by atoms with Gasteiger partial charge in [0.15, 0.2) is 0 Å². The molecule has 2 saturated carbocycles. The Labute approximate surface area is 161 Å². The van der Waals surface area contributed by atoms with Crippen LogP contribution >= 0.6 is 0 Å². The third-order valence-electron chi connectivity index (χ3n) is 8.97. The molecule has 6 atom stereocenters. The fraction of sp³-hybridized carbons (Fsp3) is 0.625. The molecule has 0 radical (unpaired) electrons. The summed E-state index contributed by atoms with van der Waals surface area (Å²) in [4.78, 5) is 11.4. The summed E-state index contributed by atoms with van der Waals surface area (Å²) in [6.45, 7) is 4.72. The minimum absolute atomic E-state index is 0.152. The van der Waals surface area contributed by atoms with E-state index in [1.54, 1.807) is 6.26 Å². The van der Waals surface area contributed by atoms with E-state index in [4.69, 9.17) is 4.42 Å². The van der Waals surface area contributed by atoms with Gasteiger partial charge in [-0.25, -0.2) is 4.79 Å². The number of hydrogen-bond donors (Lipinski definition) is 1. The second-order valence-corrected chi connectivity index (χ2v) is 9.83. The molecule has 1 heterocycles. The average Bonchev–Trinajstić information content (AvgIpc) is 2.94. The number of hydrogen-bond acceptors (Lipinski definition) is 3. The van der Waals surface area contributed by atoms with Crippen LogP contribution in [0, 0.1) is 22.7 Å². The van der Waals surface area contributed by atoms with Gasteiger partial charge < -0.3 is 9.52 Å². The predicted molar refractivity (Wildman–Crippen MR) is 105 cm³/mol. The maximum Gasteiger partial charge on any atom is 0.335 e. The fourth-order valence-corrected chi connectivity index (χ4v) is 7.37. The maximum atomic E-state index is 12.1. The Morgan fingerprint density at radius 1 is 1.11 bits per heavy atom. The third kappa shape index (κ3) is 2.21. The molecule has 1 aromatic rings. The van der Waals surface area contributed by atoms with Crippen molar-refractivity contribution < 1.29 is 9.52 Å². The molecule has 1 aromatic heterocycles. The SMILES string of the molecule is C[C@@]12CCC=CC1=CC[C@H]1[C@H]2CC[C@]2(C)[C@@H](c3ccc(=O)oc3)CC[C@@]12O. The van der Waals surface area contributed by atoms with Crippen LogP contribution in [-0.2, 0) is 0 Å². The van der Waals surface area contributed by atoms with Crippen LogP contribution in [0.1, 0.15) is 70.3 Å². The molecule has 0 aliphatic heterocycles. The van der Waals surface area contributed by atoms with Gasteiger partial charge in [0.2, 0.25) is 0 Å². The fourth-order valence-electron chi connectivity index (χ4n) is 7.37. The molecule has 0 saturated heterocycles. The monoisotopic (exact) mass is 366 g/mol. The van der Waals surface area contributed by atoms with Crippen molar-refractivity contribution in [3.63, 3.8) is 0 Å². The average molecular weight is 367 g/mol. The summed E-state index contributed by atoms with van der Waals surface area (Å²) >= 11 is 0. The smallest absolute Gasteiger partial charge is 0.335 e. The van der Waals surface area contributed by atoms with Gasteiger partial charge in [-0.05, 0) is 85.3 Å². The first kappa shape index (κ1) is 17.5. The lowest BCUT2D eigenvalue weighted by molar-refractivity contribution is -0.169. The van der Waals surface area contributed by atoms with Gasteiger partial charge in [0.1, 0.15) is 0 Å². The van der Waals surface area contributed by atoms with Crippen LogP contribution in [0.15, 0.2) is 51.4 Å². The van der Waals surface area contributed by atoms with Crippen molar-refractivity contribution in [1.82, 2.24) is 0 Å². The van der Waals surface area contributed by atoms with Crippen LogP contribution in [0.25, 0.3) is 0 Å². The summed E-state index contributed by atoms with van der Waals surface area (Å²) in [5.74, 6) is 1.16. The number of aliphatic hydroxyl groups is 1. The molecular weight excluding hydrogens is 336 g/mol. The van der Waals surface area contributed by atoms with E-state index in [2.05, 4.69) is 32.1 Å². The van der Waals surface area contributed by atoms with Crippen molar-refractivity contribution in [2.45, 2.75) is 70.3 Å². The van der Waals surface area contributed by atoms with Crippen LogP contribution in [-0.4, -0.2) is 10.7 Å². The summed E-state index contributed by atoms with van der Waals surface area (Å²) in [5.41, 5.74) is 1.70. The van der Waals surface area contributed by atoms with E-state index in [9.17, 15) is 9.90 Å². The van der Waals surface area contributed by atoms with Crippen LogP contribution in [0.3, 0.4) is 0 Å². The van der Waals surface area contributed by atoms with Gasteiger partial charge in [0, 0.05) is 11.5 Å². The van der Waals surface area contributed by atoms with Crippen molar-refractivity contribution in [3.8, 4) is 0 Å². The van der Waals surface area contributed by atoms with Crippen molar-refractivity contribution in [2.24, 2.45) is 22.7 Å². The first-order valence-electron chi connectivity index (χ1n) is 10.6. The lowest BCUT2D eigenvalue weighted by atomic mass is 9.46. The van der Waals surface area contributed by atoms with Crippen molar-refractivity contribution in [1.29, 1.82) is 0 Å². The van der Waals surface area contributed by atoms with Gasteiger partial charge >= 0.3 is 5.63 Å². The van der Waals surface area contributed by atoms with Crippen LogP contribution in [0.4, 0.5) is 0 Å². The number of allylic oxidation sites excluding steroid dienone is 4. The molecule has 0 spiro atoms. The molecule has 144 valence electrons. The van der Waals surface area contributed by atoms with Gasteiger partial charge in [-0.3, -0.25) is 0 Å². The highest BCUT2D eigenvalue weighted by molar-refractivity contribution is 5.36. The molecule has 0 amide bonds. The summed E-state index contributed by atoms with van der Waals surface area (Å²) in [5, 5.41) is 12.1. The van der Waals surface area contributed by atoms with Crippen molar-refractivity contribution in [2.75, 3.05) is 0 Å². The van der Waals surface area contributed by atoms with Crippen molar-refractivity contribution >= 4 is 0 Å². The van der Waals surface area contributed by atoms with Crippen LogP contribution < -0.4 is 5.63 Å². The molecule has 27 heavy (non-hydrogen) atoms. The molecule has 4 aliphatic carbocycles. The topological polar surface area (TPSA) is 50.4 Å². The molecule has 1 N–H and O–H groups in total. The Bertz CT molecular complexity index is 859. The Morgan fingerprint density at radius 3 is 2.74 bits per heavy atom. The molecule has 3 heteroatoms. The highest BCUT2D eigenvalue weighted by Gasteiger charge is 2.66. The Morgan fingerprint density at radius 2 is 1.96 bits per heavy atom. The van der Waals surface area contributed by atoms with E-state index < -0.39 is 5.60 Å². The normalized spacial score (nSPS) is 45.6.